The minimum atomic E-state index is -0.409. The number of nitriles is 1. The molecule has 2 rings (SSSR count). The molecule has 0 aliphatic heterocycles. The highest BCUT2D eigenvalue weighted by molar-refractivity contribution is 5.97. The summed E-state index contributed by atoms with van der Waals surface area (Å²) in [7, 11) is 0. The van der Waals surface area contributed by atoms with Crippen molar-refractivity contribution in [2.45, 2.75) is 20.0 Å². The summed E-state index contributed by atoms with van der Waals surface area (Å²) in [5.74, 6) is -0.409. The predicted molar refractivity (Wildman–Crippen MR) is 87.8 cm³/mol. The lowest BCUT2D eigenvalue weighted by Gasteiger charge is -2.05. The van der Waals surface area contributed by atoms with Crippen LogP contribution >= 0.6 is 0 Å². The zero-order valence-electron chi connectivity index (χ0n) is 12.9. The van der Waals surface area contributed by atoms with Crippen LogP contribution in [0.15, 0.2) is 60.6 Å². The fraction of sp³-hybridized carbons (Fsp3) is 0.167. The van der Waals surface area contributed by atoms with Gasteiger partial charge in [-0.2, -0.15) is 5.26 Å². The van der Waals surface area contributed by atoms with Gasteiger partial charge in [-0.3, -0.25) is 9.78 Å². The molecule has 2 N–H and O–H groups in total. The molecule has 0 unspecified atom stereocenters. The molecule has 5 nitrogen and oxygen atoms in total. The number of carbonyl (C=O) groups excluding carboxylic acids is 1. The molecule has 0 bridgehead atoms. The van der Waals surface area contributed by atoms with Crippen molar-refractivity contribution < 1.29 is 4.79 Å². The predicted octanol–water partition coefficient (Wildman–Crippen LogP) is 2.20. The number of carbonyl (C=O) groups is 1. The van der Waals surface area contributed by atoms with E-state index >= 15 is 0 Å². The molecule has 1 amide bonds. The Labute approximate surface area is 135 Å². The number of aryl methyl sites for hydroxylation is 1. The third-order valence-corrected chi connectivity index (χ3v) is 3.21. The lowest BCUT2D eigenvalue weighted by molar-refractivity contribution is -0.117. The Hall–Kier alpha value is -3.13. The van der Waals surface area contributed by atoms with Crippen LogP contribution in [-0.2, 0) is 17.9 Å². The molecule has 0 radical (unpaired) electrons. The van der Waals surface area contributed by atoms with Crippen LogP contribution in [0.25, 0.3) is 0 Å². The molecule has 0 saturated carbocycles. The van der Waals surface area contributed by atoms with Crippen LogP contribution in [0.2, 0.25) is 0 Å². The van der Waals surface area contributed by atoms with E-state index in [1.807, 2.05) is 43.3 Å². The van der Waals surface area contributed by atoms with Crippen molar-refractivity contribution in [1.82, 2.24) is 15.6 Å². The Kier molecular flexibility index (Phi) is 5.89. The van der Waals surface area contributed by atoms with E-state index in [2.05, 4.69) is 15.6 Å². The van der Waals surface area contributed by atoms with Crippen LogP contribution in [0.4, 0.5) is 0 Å². The van der Waals surface area contributed by atoms with Crippen molar-refractivity contribution in [2.24, 2.45) is 0 Å². The molecule has 0 fully saturated rings. The first-order valence-electron chi connectivity index (χ1n) is 7.25. The summed E-state index contributed by atoms with van der Waals surface area (Å²) in [4.78, 5) is 15.9. The summed E-state index contributed by atoms with van der Waals surface area (Å²) in [6.45, 7) is 2.92. The van der Waals surface area contributed by atoms with Gasteiger partial charge in [-0.25, -0.2) is 0 Å². The fourth-order valence-corrected chi connectivity index (χ4v) is 1.91. The highest BCUT2D eigenvalue weighted by Crippen LogP contribution is 2.03. The number of rotatable bonds is 6. The van der Waals surface area contributed by atoms with E-state index < -0.39 is 5.91 Å². The third kappa shape index (κ3) is 5.29. The van der Waals surface area contributed by atoms with Gasteiger partial charge in [-0.1, -0.05) is 35.9 Å². The molecule has 116 valence electrons. The molecule has 0 aliphatic carbocycles. The van der Waals surface area contributed by atoms with Crippen molar-refractivity contribution in [3.63, 3.8) is 0 Å². The van der Waals surface area contributed by atoms with Crippen LogP contribution in [0, 0.1) is 18.3 Å². The van der Waals surface area contributed by atoms with Gasteiger partial charge < -0.3 is 10.6 Å². The Bertz CT molecular complexity index is 715. The number of nitrogens with zero attached hydrogens (tertiary/aromatic N) is 2. The van der Waals surface area contributed by atoms with Gasteiger partial charge in [0.05, 0.1) is 0 Å². The van der Waals surface area contributed by atoms with Crippen LogP contribution in [-0.4, -0.2) is 10.9 Å². The zero-order valence-corrected chi connectivity index (χ0v) is 12.9. The maximum absolute atomic E-state index is 12.0. The summed E-state index contributed by atoms with van der Waals surface area (Å²) in [5, 5.41) is 14.8. The van der Waals surface area contributed by atoms with Gasteiger partial charge in [0.1, 0.15) is 11.6 Å². The number of aromatic nitrogens is 1. The van der Waals surface area contributed by atoms with Gasteiger partial charge in [0, 0.05) is 31.7 Å². The van der Waals surface area contributed by atoms with E-state index in [-0.39, 0.29) is 5.57 Å². The van der Waals surface area contributed by atoms with E-state index in [1.54, 1.807) is 18.5 Å². The van der Waals surface area contributed by atoms with E-state index in [4.69, 9.17) is 5.26 Å². The maximum atomic E-state index is 12.0. The second-order valence-electron chi connectivity index (χ2n) is 5.08. The average molecular weight is 306 g/mol. The molecule has 2 aromatic rings. The Morgan fingerprint density at radius 1 is 1.22 bits per heavy atom. The molecular weight excluding hydrogens is 288 g/mol. The van der Waals surface area contributed by atoms with Gasteiger partial charge >= 0.3 is 0 Å². The average Bonchev–Trinajstić information content (AvgIpc) is 2.59. The van der Waals surface area contributed by atoms with Crippen molar-refractivity contribution in [1.29, 1.82) is 5.26 Å². The highest BCUT2D eigenvalue weighted by atomic mass is 16.1. The van der Waals surface area contributed by atoms with Crippen LogP contribution in [0.1, 0.15) is 16.7 Å². The smallest absolute Gasteiger partial charge is 0.263 e. The first kappa shape index (κ1) is 16.2. The zero-order chi connectivity index (χ0) is 16.5. The minimum Gasteiger partial charge on any atom is -0.386 e. The second-order valence-corrected chi connectivity index (χ2v) is 5.08. The number of benzene rings is 1. The maximum Gasteiger partial charge on any atom is 0.263 e. The normalized spacial score (nSPS) is 10.7. The van der Waals surface area contributed by atoms with Crippen molar-refractivity contribution in [3.05, 3.63) is 77.3 Å². The van der Waals surface area contributed by atoms with Gasteiger partial charge in [-0.05, 0) is 24.1 Å². The molecule has 0 atom stereocenters. The van der Waals surface area contributed by atoms with Crippen LogP contribution < -0.4 is 10.6 Å². The lowest BCUT2D eigenvalue weighted by atomic mass is 10.1. The molecule has 0 saturated heterocycles. The Morgan fingerprint density at radius 3 is 2.65 bits per heavy atom. The molecular formula is C18H18N4O. The van der Waals surface area contributed by atoms with E-state index in [0.29, 0.717) is 13.1 Å². The van der Waals surface area contributed by atoms with E-state index in [1.165, 1.54) is 11.8 Å². The van der Waals surface area contributed by atoms with E-state index in [0.717, 1.165) is 11.1 Å². The summed E-state index contributed by atoms with van der Waals surface area (Å²) in [5.41, 5.74) is 3.20. The Balaban J connectivity index is 1.86. The van der Waals surface area contributed by atoms with Gasteiger partial charge in [0.15, 0.2) is 0 Å². The lowest BCUT2D eigenvalue weighted by Crippen LogP contribution is -2.25. The molecule has 1 heterocycles. The number of hydrogen-bond acceptors (Lipinski definition) is 4. The Morgan fingerprint density at radius 2 is 2.00 bits per heavy atom. The number of nitrogens with one attached hydrogen (secondary N) is 2. The third-order valence-electron chi connectivity index (χ3n) is 3.21. The first-order valence-corrected chi connectivity index (χ1v) is 7.25. The summed E-state index contributed by atoms with van der Waals surface area (Å²) >= 11 is 0. The van der Waals surface area contributed by atoms with Gasteiger partial charge in [-0.15, -0.1) is 0 Å². The highest BCUT2D eigenvalue weighted by Gasteiger charge is 2.08. The first-order chi connectivity index (χ1) is 11.2. The second kappa shape index (κ2) is 8.35. The summed E-state index contributed by atoms with van der Waals surface area (Å²) in [6, 6.07) is 13.6. The summed E-state index contributed by atoms with van der Waals surface area (Å²) in [6.07, 6.45) is 4.78. The fourth-order valence-electron chi connectivity index (χ4n) is 1.91. The van der Waals surface area contributed by atoms with Crippen molar-refractivity contribution >= 4 is 5.91 Å². The van der Waals surface area contributed by atoms with Crippen LogP contribution in [0.3, 0.4) is 0 Å². The number of amides is 1. The van der Waals surface area contributed by atoms with Crippen molar-refractivity contribution in [2.75, 3.05) is 0 Å². The summed E-state index contributed by atoms with van der Waals surface area (Å²) < 4.78 is 0. The largest absolute Gasteiger partial charge is 0.386 e. The quantitative estimate of drug-likeness (QED) is 0.633. The molecule has 0 aliphatic rings. The standard InChI is InChI=1S/C18H18N4O/c1-14-4-6-15(7-5-14)10-21-13-17(9-19)18(23)22-12-16-3-2-8-20-11-16/h2-8,11,13,21H,10,12H2,1H3,(H,22,23)/b17-13-. The topological polar surface area (TPSA) is 77.8 Å². The molecule has 1 aromatic heterocycles. The minimum absolute atomic E-state index is 0.0426. The molecule has 1 aromatic carbocycles. The molecule has 0 spiro atoms. The number of pyridine rings is 1. The van der Waals surface area contributed by atoms with Crippen LogP contribution in [0.5, 0.6) is 0 Å². The molecule has 23 heavy (non-hydrogen) atoms. The van der Waals surface area contributed by atoms with Gasteiger partial charge in [0.25, 0.3) is 5.91 Å². The van der Waals surface area contributed by atoms with Crippen molar-refractivity contribution in [3.8, 4) is 6.07 Å². The van der Waals surface area contributed by atoms with E-state index in [9.17, 15) is 4.79 Å². The van der Waals surface area contributed by atoms with Gasteiger partial charge in [0.2, 0.25) is 0 Å². The molecule has 5 heteroatoms. The SMILES string of the molecule is Cc1ccc(CN/C=C(/C#N)C(=O)NCc2cccnc2)cc1. The number of hydrogen-bond donors (Lipinski definition) is 2. The monoisotopic (exact) mass is 306 g/mol.